The van der Waals surface area contributed by atoms with Gasteiger partial charge in [-0.2, -0.15) is 0 Å². The molecule has 6 nitrogen and oxygen atoms in total. The molecule has 0 spiro atoms. The first-order chi connectivity index (χ1) is 13.8. The molecule has 1 aliphatic heterocycles. The molecule has 0 unspecified atom stereocenters. The molecule has 0 aliphatic carbocycles. The van der Waals surface area contributed by atoms with Crippen molar-refractivity contribution in [1.82, 2.24) is 9.97 Å². The third-order valence-electron chi connectivity index (χ3n) is 5.32. The van der Waals surface area contributed by atoms with Crippen molar-refractivity contribution in [3.05, 3.63) is 41.9 Å². The smallest absolute Gasteiger partial charge is 0.136 e. The summed E-state index contributed by atoms with van der Waals surface area (Å²) in [6.45, 7) is 9.01. The van der Waals surface area contributed by atoms with Crippen molar-refractivity contribution in [3.8, 4) is 0 Å². The summed E-state index contributed by atoms with van der Waals surface area (Å²) in [5, 5.41) is 3.65. The number of aromatic nitrogens is 2. The number of rotatable bonds is 6. The fraction of sp³-hybridized carbons (Fsp3) is 0.565. The summed E-state index contributed by atoms with van der Waals surface area (Å²) in [6.07, 6.45) is 2.17. The van der Waals surface area contributed by atoms with Crippen LogP contribution in [0, 0.1) is 0 Å². The van der Waals surface area contributed by atoms with E-state index >= 15 is 0 Å². The van der Waals surface area contributed by atoms with Crippen LogP contribution in [0.25, 0.3) is 0 Å². The van der Waals surface area contributed by atoms with Gasteiger partial charge in [0.1, 0.15) is 11.6 Å². The van der Waals surface area contributed by atoms with Crippen LogP contribution in [0.2, 0.25) is 0 Å². The van der Waals surface area contributed by atoms with Gasteiger partial charge in [-0.05, 0) is 37.1 Å². The molecule has 0 atom stereocenters. The van der Waals surface area contributed by atoms with E-state index in [1.54, 1.807) is 7.11 Å². The van der Waals surface area contributed by atoms with Gasteiger partial charge in [0, 0.05) is 63.2 Å². The zero-order chi connectivity index (χ0) is 21.0. The number of anilines is 3. The van der Waals surface area contributed by atoms with Crippen molar-refractivity contribution < 1.29 is 4.74 Å². The Morgan fingerprint density at radius 1 is 1.10 bits per heavy atom. The lowest BCUT2D eigenvalue weighted by Gasteiger charge is -2.34. The van der Waals surface area contributed by atoms with Gasteiger partial charge in [-0.15, -0.1) is 0 Å². The molecule has 0 radical (unpaired) electrons. The first-order valence-electron chi connectivity index (χ1n) is 10.4. The molecule has 1 N–H and O–H groups in total. The summed E-state index contributed by atoms with van der Waals surface area (Å²) in [7, 11) is 5.84. The van der Waals surface area contributed by atoms with E-state index < -0.39 is 0 Å². The zero-order valence-electron chi connectivity index (χ0n) is 18.7. The second-order valence-electron chi connectivity index (χ2n) is 9.07. The number of nitrogens with zero attached hydrogens (tertiary/aromatic N) is 4. The van der Waals surface area contributed by atoms with Gasteiger partial charge in [-0.25, -0.2) is 9.97 Å². The van der Waals surface area contributed by atoms with Gasteiger partial charge in [-0.1, -0.05) is 20.8 Å². The Labute approximate surface area is 175 Å². The van der Waals surface area contributed by atoms with E-state index in [4.69, 9.17) is 9.72 Å². The van der Waals surface area contributed by atoms with Crippen molar-refractivity contribution in [2.75, 3.05) is 49.4 Å². The molecule has 0 amide bonds. The lowest BCUT2D eigenvalue weighted by molar-refractivity contribution is 0.181. The third kappa shape index (κ3) is 5.60. The SMILES string of the molecule is COCc1cc(NC2CCN(c3ccc(N(C)C)cc3)CC2)nc(C(C)(C)C)n1. The van der Waals surface area contributed by atoms with Crippen LogP contribution in [0.4, 0.5) is 17.2 Å². The molecular formula is C23H35N5O. The fourth-order valence-electron chi connectivity index (χ4n) is 3.58. The average Bonchev–Trinajstić information content (AvgIpc) is 2.68. The van der Waals surface area contributed by atoms with Crippen molar-refractivity contribution in [2.45, 2.75) is 51.7 Å². The topological polar surface area (TPSA) is 53.5 Å². The summed E-state index contributed by atoms with van der Waals surface area (Å²) >= 11 is 0. The highest BCUT2D eigenvalue weighted by Gasteiger charge is 2.22. The number of benzene rings is 1. The summed E-state index contributed by atoms with van der Waals surface area (Å²) in [5.41, 5.74) is 3.36. The minimum absolute atomic E-state index is 0.0950. The molecule has 1 aromatic heterocycles. The number of hydrogen-bond donors (Lipinski definition) is 1. The monoisotopic (exact) mass is 397 g/mol. The molecule has 1 fully saturated rings. The molecule has 2 aromatic rings. The van der Waals surface area contributed by atoms with Crippen LogP contribution in [-0.2, 0) is 16.8 Å². The van der Waals surface area contributed by atoms with E-state index in [2.05, 4.69) is 79.2 Å². The molecule has 29 heavy (non-hydrogen) atoms. The Morgan fingerprint density at radius 3 is 2.31 bits per heavy atom. The fourth-order valence-corrected chi connectivity index (χ4v) is 3.58. The largest absolute Gasteiger partial charge is 0.378 e. The quantitative estimate of drug-likeness (QED) is 0.793. The van der Waals surface area contributed by atoms with Gasteiger partial charge < -0.3 is 19.9 Å². The number of nitrogens with one attached hydrogen (secondary N) is 1. The van der Waals surface area contributed by atoms with Crippen molar-refractivity contribution in [3.63, 3.8) is 0 Å². The number of methoxy groups -OCH3 is 1. The Balaban J connectivity index is 1.63. The van der Waals surface area contributed by atoms with E-state index in [9.17, 15) is 0 Å². The molecule has 0 bridgehead atoms. The predicted octanol–water partition coefficient (Wildman–Crippen LogP) is 4.07. The van der Waals surface area contributed by atoms with E-state index in [1.807, 2.05) is 6.07 Å². The highest BCUT2D eigenvalue weighted by atomic mass is 16.5. The summed E-state index contributed by atoms with van der Waals surface area (Å²) < 4.78 is 5.30. The van der Waals surface area contributed by atoms with Crippen LogP contribution in [0.3, 0.4) is 0 Å². The Bertz CT molecular complexity index is 790. The van der Waals surface area contributed by atoms with Crippen LogP contribution in [-0.4, -0.2) is 50.3 Å². The summed E-state index contributed by atoms with van der Waals surface area (Å²) in [6, 6.07) is 11.3. The Hall–Kier alpha value is -2.34. The van der Waals surface area contributed by atoms with Crippen LogP contribution in [0.1, 0.15) is 45.1 Å². The molecule has 3 rings (SSSR count). The number of piperidine rings is 1. The van der Waals surface area contributed by atoms with Gasteiger partial charge >= 0.3 is 0 Å². The third-order valence-corrected chi connectivity index (χ3v) is 5.32. The maximum absolute atomic E-state index is 5.30. The van der Waals surface area contributed by atoms with Crippen LogP contribution < -0.4 is 15.1 Å². The van der Waals surface area contributed by atoms with Gasteiger partial charge in [0.05, 0.1) is 12.3 Å². The Kier molecular flexibility index (Phi) is 6.63. The van der Waals surface area contributed by atoms with Gasteiger partial charge in [0.25, 0.3) is 0 Å². The predicted molar refractivity (Wildman–Crippen MR) is 121 cm³/mol. The van der Waals surface area contributed by atoms with E-state index in [-0.39, 0.29) is 5.41 Å². The van der Waals surface area contributed by atoms with Gasteiger partial charge in [-0.3, -0.25) is 0 Å². The molecular weight excluding hydrogens is 362 g/mol. The van der Waals surface area contributed by atoms with Crippen LogP contribution in [0.15, 0.2) is 30.3 Å². The highest BCUT2D eigenvalue weighted by Crippen LogP contribution is 2.25. The second-order valence-corrected chi connectivity index (χ2v) is 9.07. The molecule has 1 aliphatic rings. The summed E-state index contributed by atoms with van der Waals surface area (Å²) in [5.74, 6) is 1.76. The molecule has 6 heteroatoms. The van der Waals surface area contributed by atoms with E-state index in [0.717, 1.165) is 43.3 Å². The lowest BCUT2D eigenvalue weighted by Crippen LogP contribution is -2.39. The summed E-state index contributed by atoms with van der Waals surface area (Å²) in [4.78, 5) is 14.1. The highest BCUT2D eigenvalue weighted by molar-refractivity contribution is 5.56. The standard InChI is InChI=1S/C23H35N5O/c1-23(2,3)22-25-18(16-29-6)15-21(26-22)24-17-11-13-28(14-12-17)20-9-7-19(8-10-20)27(4)5/h7-10,15,17H,11-14,16H2,1-6H3,(H,24,25,26). The second kappa shape index (κ2) is 8.99. The normalized spacial score (nSPS) is 15.4. The lowest BCUT2D eigenvalue weighted by atomic mass is 9.95. The molecule has 1 saturated heterocycles. The number of ether oxygens (including phenoxy) is 1. The first kappa shape index (κ1) is 21.4. The Morgan fingerprint density at radius 2 is 1.76 bits per heavy atom. The van der Waals surface area contributed by atoms with Gasteiger partial charge in [0.2, 0.25) is 0 Å². The maximum Gasteiger partial charge on any atom is 0.136 e. The molecule has 2 heterocycles. The van der Waals surface area contributed by atoms with E-state index in [0.29, 0.717) is 12.6 Å². The van der Waals surface area contributed by atoms with Crippen LogP contribution in [0.5, 0.6) is 0 Å². The maximum atomic E-state index is 5.30. The van der Waals surface area contributed by atoms with Crippen LogP contribution >= 0.6 is 0 Å². The van der Waals surface area contributed by atoms with Crippen molar-refractivity contribution >= 4 is 17.2 Å². The van der Waals surface area contributed by atoms with Gasteiger partial charge in [0.15, 0.2) is 0 Å². The zero-order valence-corrected chi connectivity index (χ0v) is 18.7. The first-order valence-corrected chi connectivity index (χ1v) is 10.4. The van der Waals surface area contributed by atoms with E-state index in [1.165, 1.54) is 11.4 Å². The molecule has 0 saturated carbocycles. The van der Waals surface area contributed by atoms with Crippen molar-refractivity contribution in [2.24, 2.45) is 0 Å². The molecule has 158 valence electrons. The number of hydrogen-bond acceptors (Lipinski definition) is 6. The molecule has 1 aromatic carbocycles. The minimum atomic E-state index is -0.0950. The average molecular weight is 398 g/mol. The van der Waals surface area contributed by atoms with Crippen molar-refractivity contribution in [1.29, 1.82) is 0 Å². The minimum Gasteiger partial charge on any atom is -0.378 e.